The molecule has 2 unspecified atom stereocenters. The van der Waals surface area contributed by atoms with Crippen LogP contribution < -0.4 is 5.32 Å². The van der Waals surface area contributed by atoms with E-state index in [1.54, 1.807) is 0 Å². The van der Waals surface area contributed by atoms with Crippen LogP contribution in [0.1, 0.15) is 64.7 Å². The minimum Gasteiger partial charge on any atom is -0.310 e. The average molecular weight is 219 g/mol. The lowest BCUT2D eigenvalue weighted by molar-refractivity contribution is 0.0164. The Kier molecular flexibility index (Phi) is 3.92. The highest BCUT2D eigenvalue weighted by Crippen LogP contribution is 2.51. The molecule has 1 heteroatoms. The molecule has 90 valence electrons. The first-order chi connectivity index (χ1) is 7.80. The second kappa shape index (κ2) is 5.23. The van der Waals surface area contributed by atoms with Crippen molar-refractivity contribution < 1.29 is 0 Å². The maximum absolute atomic E-state index is 5.42. The monoisotopic (exact) mass is 219 g/mol. The zero-order valence-corrected chi connectivity index (χ0v) is 10.6. The van der Waals surface area contributed by atoms with E-state index in [2.05, 4.69) is 18.2 Å². The van der Waals surface area contributed by atoms with E-state index in [1.165, 1.54) is 44.9 Å². The van der Waals surface area contributed by atoms with Crippen LogP contribution in [-0.2, 0) is 0 Å². The van der Waals surface area contributed by atoms with Gasteiger partial charge in [0, 0.05) is 18.5 Å². The van der Waals surface area contributed by atoms with Gasteiger partial charge in [0.05, 0.1) is 0 Å². The van der Waals surface area contributed by atoms with Gasteiger partial charge in [-0.25, -0.2) is 0 Å². The Hall–Kier alpha value is -0.480. The molecule has 2 rings (SSSR count). The largest absolute Gasteiger partial charge is 0.310 e. The molecule has 0 aromatic rings. The number of hydrogen-bond donors (Lipinski definition) is 1. The molecule has 2 fully saturated rings. The van der Waals surface area contributed by atoms with E-state index in [9.17, 15) is 0 Å². The van der Waals surface area contributed by atoms with Gasteiger partial charge in [-0.2, -0.15) is 0 Å². The lowest BCUT2D eigenvalue weighted by Gasteiger charge is -2.53. The van der Waals surface area contributed by atoms with Gasteiger partial charge >= 0.3 is 0 Å². The molecule has 0 heterocycles. The van der Waals surface area contributed by atoms with E-state index >= 15 is 0 Å². The highest BCUT2D eigenvalue weighted by molar-refractivity contribution is 5.03. The van der Waals surface area contributed by atoms with E-state index in [4.69, 9.17) is 6.42 Å². The SMILES string of the molecule is C#CCC(CC)NC1CCC12CCCCC2. The van der Waals surface area contributed by atoms with Crippen LogP contribution in [0.2, 0.25) is 0 Å². The van der Waals surface area contributed by atoms with E-state index in [0.29, 0.717) is 11.5 Å². The minimum absolute atomic E-state index is 0.550. The quantitative estimate of drug-likeness (QED) is 0.714. The van der Waals surface area contributed by atoms with Gasteiger partial charge in [0.25, 0.3) is 0 Å². The normalized spacial score (nSPS) is 29.4. The van der Waals surface area contributed by atoms with Crippen molar-refractivity contribution in [1.82, 2.24) is 5.32 Å². The molecular weight excluding hydrogens is 194 g/mol. The van der Waals surface area contributed by atoms with Crippen LogP contribution in [-0.4, -0.2) is 12.1 Å². The zero-order valence-electron chi connectivity index (χ0n) is 10.6. The average Bonchev–Trinajstić information content (AvgIpc) is 2.34. The Balaban J connectivity index is 1.87. The van der Waals surface area contributed by atoms with Gasteiger partial charge in [-0.05, 0) is 37.5 Å². The molecule has 2 saturated carbocycles. The molecule has 0 aliphatic heterocycles. The fourth-order valence-corrected chi connectivity index (χ4v) is 3.56. The van der Waals surface area contributed by atoms with Gasteiger partial charge in [-0.1, -0.05) is 26.2 Å². The third-order valence-corrected chi connectivity index (χ3v) is 4.81. The molecule has 1 spiro atoms. The van der Waals surface area contributed by atoms with E-state index < -0.39 is 0 Å². The van der Waals surface area contributed by atoms with Crippen molar-refractivity contribution in [3.05, 3.63) is 0 Å². The Bertz CT molecular complexity index is 257. The number of nitrogens with one attached hydrogen (secondary N) is 1. The van der Waals surface area contributed by atoms with Crippen molar-refractivity contribution in [2.75, 3.05) is 0 Å². The number of rotatable bonds is 4. The summed E-state index contributed by atoms with van der Waals surface area (Å²) in [5.41, 5.74) is 0.667. The maximum atomic E-state index is 5.42. The predicted molar refractivity (Wildman–Crippen MR) is 69.2 cm³/mol. The maximum Gasteiger partial charge on any atom is 0.0240 e. The Morgan fingerprint density at radius 1 is 1.31 bits per heavy atom. The summed E-state index contributed by atoms with van der Waals surface area (Å²) in [6.07, 6.45) is 17.6. The van der Waals surface area contributed by atoms with Gasteiger partial charge in [0.2, 0.25) is 0 Å². The second-order valence-electron chi connectivity index (χ2n) is 5.69. The lowest BCUT2D eigenvalue weighted by Crippen LogP contribution is -2.56. The van der Waals surface area contributed by atoms with Crippen LogP contribution in [0, 0.1) is 17.8 Å². The van der Waals surface area contributed by atoms with Crippen molar-refractivity contribution >= 4 is 0 Å². The van der Waals surface area contributed by atoms with E-state index in [-0.39, 0.29) is 0 Å². The van der Waals surface area contributed by atoms with Gasteiger partial charge in [0.1, 0.15) is 0 Å². The van der Waals surface area contributed by atoms with Gasteiger partial charge in [-0.3, -0.25) is 0 Å². The Labute approximate surface area is 100 Å². The summed E-state index contributed by atoms with van der Waals surface area (Å²) in [5.74, 6) is 2.80. The van der Waals surface area contributed by atoms with Gasteiger partial charge < -0.3 is 5.32 Å². The fraction of sp³-hybridized carbons (Fsp3) is 0.867. The highest BCUT2D eigenvalue weighted by Gasteiger charge is 2.46. The molecule has 0 amide bonds. The van der Waals surface area contributed by atoms with Gasteiger partial charge in [0.15, 0.2) is 0 Å². The summed E-state index contributed by atoms with van der Waals surface area (Å²) >= 11 is 0. The standard InChI is InChI=1S/C15H25N/c1-3-8-13(4-2)16-14-9-12-15(14)10-6-5-7-11-15/h1,13-14,16H,4-12H2,2H3. The number of terminal acetylenes is 1. The first-order valence-corrected chi connectivity index (χ1v) is 7.00. The summed E-state index contributed by atoms with van der Waals surface area (Å²) in [6.45, 7) is 2.24. The molecule has 0 aromatic heterocycles. The molecule has 1 nitrogen and oxygen atoms in total. The van der Waals surface area contributed by atoms with Crippen molar-refractivity contribution in [2.45, 2.75) is 76.8 Å². The fourth-order valence-electron chi connectivity index (χ4n) is 3.56. The molecule has 1 N–H and O–H groups in total. The molecule has 0 saturated heterocycles. The zero-order chi connectivity index (χ0) is 11.4. The van der Waals surface area contributed by atoms with Crippen molar-refractivity contribution in [1.29, 1.82) is 0 Å². The van der Waals surface area contributed by atoms with Crippen molar-refractivity contribution in [3.8, 4) is 12.3 Å². The molecule has 16 heavy (non-hydrogen) atoms. The third kappa shape index (κ3) is 2.28. The van der Waals surface area contributed by atoms with Crippen LogP contribution in [0.3, 0.4) is 0 Å². The van der Waals surface area contributed by atoms with Crippen LogP contribution in [0.5, 0.6) is 0 Å². The Morgan fingerprint density at radius 3 is 2.56 bits per heavy atom. The summed E-state index contributed by atoms with van der Waals surface area (Å²) in [4.78, 5) is 0. The predicted octanol–water partition coefficient (Wildman–Crippen LogP) is 3.49. The van der Waals surface area contributed by atoms with Crippen LogP contribution in [0.4, 0.5) is 0 Å². The van der Waals surface area contributed by atoms with E-state index in [1.807, 2.05) is 0 Å². The smallest absolute Gasteiger partial charge is 0.0240 e. The lowest BCUT2D eigenvalue weighted by atomic mass is 9.57. The topological polar surface area (TPSA) is 12.0 Å². The molecular formula is C15H25N. The molecule has 2 aliphatic rings. The molecule has 2 aliphatic carbocycles. The minimum atomic E-state index is 0.550. The first kappa shape index (κ1) is 12.0. The summed E-state index contributed by atoms with van der Waals surface area (Å²) in [7, 11) is 0. The van der Waals surface area contributed by atoms with Crippen molar-refractivity contribution in [3.63, 3.8) is 0 Å². The van der Waals surface area contributed by atoms with E-state index in [0.717, 1.165) is 18.9 Å². The first-order valence-electron chi connectivity index (χ1n) is 7.00. The van der Waals surface area contributed by atoms with Crippen LogP contribution >= 0.6 is 0 Å². The summed E-state index contributed by atoms with van der Waals surface area (Å²) < 4.78 is 0. The summed E-state index contributed by atoms with van der Waals surface area (Å²) in [6, 6.07) is 1.32. The molecule has 0 bridgehead atoms. The third-order valence-electron chi connectivity index (χ3n) is 4.81. The second-order valence-corrected chi connectivity index (χ2v) is 5.69. The highest BCUT2D eigenvalue weighted by atomic mass is 15.0. The van der Waals surface area contributed by atoms with Crippen LogP contribution in [0.25, 0.3) is 0 Å². The Morgan fingerprint density at radius 2 is 2.06 bits per heavy atom. The van der Waals surface area contributed by atoms with Crippen molar-refractivity contribution in [2.24, 2.45) is 5.41 Å². The molecule has 0 radical (unpaired) electrons. The summed E-state index contributed by atoms with van der Waals surface area (Å²) in [5, 5.41) is 3.82. The van der Waals surface area contributed by atoms with Crippen LogP contribution in [0.15, 0.2) is 0 Å². The molecule has 2 atom stereocenters. The number of hydrogen-bond acceptors (Lipinski definition) is 1. The van der Waals surface area contributed by atoms with Gasteiger partial charge in [-0.15, -0.1) is 12.3 Å². The molecule has 0 aromatic carbocycles.